The van der Waals surface area contributed by atoms with Crippen molar-refractivity contribution in [2.45, 2.75) is 69.8 Å². The molecule has 1 amide bonds. The first-order valence-electron chi connectivity index (χ1n) is 10.7. The Morgan fingerprint density at radius 1 is 1.31 bits per heavy atom. The third-order valence-corrected chi connectivity index (χ3v) is 7.28. The van der Waals surface area contributed by atoms with Gasteiger partial charge in [0.2, 0.25) is 0 Å². The molecule has 32 heavy (non-hydrogen) atoms. The van der Waals surface area contributed by atoms with Crippen LogP contribution in [0.3, 0.4) is 0 Å². The number of nitrogens with zero attached hydrogens (tertiary/aromatic N) is 1. The van der Waals surface area contributed by atoms with E-state index in [4.69, 9.17) is 0 Å². The molecule has 8 nitrogen and oxygen atoms in total. The Labute approximate surface area is 195 Å². The number of primary amides is 1. The van der Waals surface area contributed by atoms with Gasteiger partial charge in [0.1, 0.15) is 11.0 Å². The molecule has 0 bridgehead atoms. The second-order valence-electron chi connectivity index (χ2n) is 7.67. The summed E-state index contributed by atoms with van der Waals surface area (Å²) in [5.74, 6) is -0.498. The summed E-state index contributed by atoms with van der Waals surface area (Å²) in [4.78, 5) is 27.1. The van der Waals surface area contributed by atoms with E-state index in [0.29, 0.717) is 17.4 Å². The van der Waals surface area contributed by atoms with Gasteiger partial charge in [0.15, 0.2) is 0 Å². The first-order valence-corrected chi connectivity index (χ1v) is 12.6. The maximum absolute atomic E-state index is 12.5. The van der Waals surface area contributed by atoms with Crippen molar-refractivity contribution in [1.82, 2.24) is 9.71 Å². The third kappa shape index (κ3) is 7.68. The van der Waals surface area contributed by atoms with Crippen LogP contribution >= 0.6 is 11.3 Å². The fourth-order valence-corrected chi connectivity index (χ4v) is 5.62. The van der Waals surface area contributed by atoms with Gasteiger partial charge in [-0.05, 0) is 38.8 Å². The van der Waals surface area contributed by atoms with Crippen molar-refractivity contribution in [3.8, 4) is 10.4 Å². The lowest BCUT2D eigenvalue weighted by molar-refractivity contribution is 0.0696. The zero-order valence-corrected chi connectivity index (χ0v) is 20.3. The number of nitrogens with two attached hydrogens (primary N) is 1. The zero-order chi connectivity index (χ0) is 23.7. The molecule has 1 aliphatic rings. The summed E-state index contributed by atoms with van der Waals surface area (Å²) in [6, 6.07) is 4.80. The summed E-state index contributed by atoms with van der Waals surface area (Å²) < 4.78 is 19.8. The first kappa shape index (κ1) is 26.0. The van der Waals surface area contributed by atoms with E-state index >= 15 is 0 Å². The number of thiazole rings is 1. The number of carbonyl (C=O) groups is 2. The minimum Gasteiger partial charge on any atom is -0.478 e. The number of carbonyl (C=O) groups excluding carboxylic acids is 1. The van der Waals surface area contributed by atoms with Gasteiger partial charge in [-0.2, -0.15) is 0 Å². The van der Waals surface area contributed by atoms with E-state index in [0.717, 1.165) is 15.4 Å². The molecular weight excluding hydrogens is 450 g/mol. The second kappa shape index (κ2) is 12.7. The van der Waals surface area contributed by atoms with Crippen molar-refractivity contribution < 1.29 is 23.6 Å². The molecule has 1 aliphatic carbocycles. The van der Waals surface area contributed by atoms with Gasteiger partial charge in [-0.25, -0.2) is 23.5 Å². The molecule has 2 aromatic rings. The molecule has 10 heteroatoms. The van der Waals surface area contributed by atoms with E-state index in [2.05, 4.69) is 20.2 Å². The number of nitrogens with one attached hydrogen (secondary N) is 1. The van der Waals surface area contributed by atoms with Gasteiger partial charge in [0.25, 0.3) is 0 Å². The minimum atomic E-state index is -1.45. The standard InChI is InChI=1S/C18H22N2O3S2.C4H9NO2/c1-2-20-25(23)16-10-13(18(21)22)8-9-14(16)15-11-19-17(24-15)12-6-4-3-5-7-12;1-3(2)7-4(5)6/h8-12,20H,2-7H2,1H3,(H,21,22);3H,1-2H3,(H2,5,6). The van der Waals surface area contributed by atoms with E-state index in [-0.39, 0.29) is 11.7 Å². The predicted molar refractivity (Wildman–Crippen MR) is 126 cm³/mol. The molecule has 1 fully saturated rings. The number of benzene rings is 1. The van der Waals surface area contributed by atoms with Crippen LogP contribution in [0.15, 0.2) is 29.3 Å². The number of carboxylic acids is 1. The Morgan fingerprint density at radius 2 is 2.00 bits per heavy atom. The average Bonchev–Trinajstić information content (AvgIpc) is 3.23. The van der Waals surface area contributed by atoms with Gasteiger partial charge in [-0.15, -0.1) is 11.3 Å². The van der Waals surface area contributed by atoms with Gasteiger partial charge < -0.3 is 15.6 Å². The minimum absolute atomic E-state index is 0.0995. The molecule has 1 saturated carbocycles. The van der Waals surface area contributed by atoms with Crippen molar-refractivity contribution in [3.63, 3.8) is 0 Å². The number of carboxylic acid groups (broad SMARTS) is 1. The number of amides is 1. The molecular formula is C22H31N3O5S2. The summed E-state index contributed by atoms with van der Waals surface area (Å²) in [6.07, 6.45) is 7.19. The van der Waals surface area contributed by atoms with Crippen LogP contribution in [0.5, 0.6) is 0 Å². The number of rotatable bonds is 7. The normalized spacial score (nSPS) is 15.0. The first-order chi connectivity index (χ1) is 15.2. The lowest BCUT2D eigenvalue weighted by Crippen LogP contribution is -2.17. The van der Waals surface area contributed by atoms with Crippen molar-refractivity contribution >= 4 is 34.4 Å². The number of aromatic carboxylic acids is 1. The SMILES string of the molecule is CC(C)OC(N)=O.CCNS(=O)c1cc(C(=O)O)ccc1-c1cnc(C2CCCCC2)s1. The maximum atomic E-state index is 12.5. The molecule has 1 aromatic carbocycles. The van der Waals surface area contributed by atoms with E-state index in [1.165, 1.54) is 38.2 Å². The smallest absolute Gasteiger partial charge is 0.404 e. The van der Waals surface area contributed by atoms with Crippen LogP contribution in [0.25, 0.3) is 10.4 Å². The lowest BCUT2D eigenvalue weighted by atomic mass is 9.90. The topological polar surface area (TPSA) is 132 Å². The number of hydrogen-bond donors (Lipinski definition) is 3. The quantitative estimate of drug-likeness (QED) is 0.526. The fraction of sp³-hybridized carbons (Fsp3) is 0.500. The molecule has 176 valence electrons. The van der Waals surface area contributed by atoms with Crippen molar-refractivity contribution in [3.05, 3.63) is 35.0 Å². The number of ether oxygens (including phenoxy) is 1. The van der Waals surface area contributed by atoms with Gasteiger partial charge >= 0.3 is 12.1 Å². The third-order valence-electron chi connectivity index (χ3n) is 4.80. The van der Waals surface area contributed by atoms with Crippen molar-refractivity contribution in [1.29, 1.82) is 0 Å². The monoisotopic (exact) mass is 481 g/mol. The maximum Gasteiger partial charge on any atom is 0.404 e. The number of aromatic nitrogens is 1. The Morgan fingerprint density at radius 3 is 2.53 bits per heavy atom. The van der Waals surface area contributed by atoms with Crippen LogP contribution in [0.2, 0.25) is 0 Å². The van der Waals surface area contributed by atoms with E-state index in [1.54, 1.807) is 37.3 Å². The zero-order valence-electron chi connectivity index (χ0n) is 18.6. The van der Waals surface area contributed by atoms with E-state index < -0.39 is 23.0 Å². The Balaban J connectivity index is 0.000000451. The molecule has 0 radical (unpaired) electrons. The highest BCUT2D eigenvalue weighted by Crippen LogP contribution is 2.38. The predicted octanol–water partition coefficient (Wildman–Crippen LogP) is 4.68. The van der Waals surface area contributed by atoms with Crippen LogP contribution in [0.1, 0.15) is 74.2 Å². The molecule has 0 aliphatic heterocycles. The van der Waals surface area contributed by atoms with E-state index in [9.17, 15) is 18.9 Å². The summed E-state index contributed by atoms with van der Waals surface area (Å²) in [5.41, 5.74) is 5.57. The van der Waals surface area contributed by atoms with Crippen molar-refractivity contribution in [2.24, 2.45) is 5.73 Å². The fourth-order valence-electron chi connectivity index (χ4n) is 3.40. The molecule has 3 rings (SSSR count). The highest BCUT2D eigenvalue weighted by molar-refractivity contribution is 7.83. The van der Waals surface area contributed by atoms with Gasteiger partial charge in [-0.1, -0.05) is 32.3 Å². The van der Waals surface area contributed by atoms with Gasteiger partial charge in [0.05, 0.1) is 26.4 Å². The Hall–Kier alpha value is -2.30. The van der Waals surface area contributed by atoms with Crippen LogP contribution in [0, 0.1) is 0 Å². The van der Waals surface area contributed by atoms with Crippen LogP contribution in [0.4, 0.5) is 4.79 Å². The molecule has 1 atom stereocenters. The molecule has 1 aromatic heterocycles. The Bertz CT molecular complexity index is 939. The van der Waals surface area contributed by atoms with Crippen molar-refractivity contribution in [2.75, 3.05) is 6.54 Å². The molecule has 4 N–H and O–H groups in total. The molecule has 0 saturated heterocycles. The van der Waals surface area contributed by atoms with Gasteiger partial charge in [0, 0.05) is 24.2 Å². The Kier molecular flexibility index (Phi) is 10.3. The summed E-state index contributed by atoms with van der Waals surface area (Å²) in [6.45, 7) is 5.89. The molecule has 0 spiro atoms. The largest absolute Gasteiger partial charge is 0.478 e. The summed E-state index contributed by atoms with van der Waals surface area (Å²) >= 11 is 1.64. The average molecular weight is 482 g/mol. The summed E-state index contributed by atoms with van der Waals surface area (Å²) in [5, 5.41) is 10.4. The van der Waals surface area contributed by atoms with Crippen LogP contribution < -0.4 is 10.5 Å². The molecule has 1 unspecified atom stereocenters. The second-order valence-corrected chi connectivity index (χ2v) is 9.99. The highest BCUT2D eigenvalue weighted by Gasteiger charge is 2.21. The molecule has 1 heterocycles. The highest BCUT2D eigenvalue weighted by atomic mass is 32.2. The summed E-state index contributed by atoms with van der Waals surface area (Å²) in [7, 11) is -1.45. The lowest BCUT2D eigenvalue weighted by Gasteiger charge is -2.18. The number of hydrogen-bond acceptors (Lipinski definition) is 6. The van der Waals surface area contributed by atoms with E-state index in [1.807, 2.05) is 13.1 Å². The van der Waals surface area contributed by atoms with Crippen LogP contribution in [-0.2, 0) is 15.7 Å². The van der Waals surface area contributed by atoms with Gasteiger partial charge in [-0.3, -0.25) is 0 Å². The van der Waals surface area contributed by atoms with Crippen LogP contribution in [-0.4, -0.2) is 39.0 Å².